The smallest absolute Gasteiger partial charge is 0.243 e. The number of nitrogens with one attached hydrogen (secondary N) is 1. The lowest BCUT2D eigenvalue weighted by atomic mass is 10.1. The standard InChI is InChI=1S/C24H24N6O/c1-17-14-18-6-2-3-8-20(18)30(17)16-24(31)29-13-5-9-21(29)19-7-4-10-22(27-19)28-23-15-25-11-12-26-23/h2-4,6-8,10-12,14-15,21H,5,9,13,16H2,1H3,(H,26,27,28)/t21-/m1/s1. The summed E-state index contributed by atoms with van der Waals surface area (Å²) in [5.41, 5.74) is 3.09. The molecule has 7 heteroatoms. The highest BCUT2D eigenvalue weighted by molar-refractivity contribution is 5.84. The first kappa shape index (κ1) is 19.2. The molecule has 0 spiro atoms. The average Bonchev–Trinajstić information content (AvgIpc) is 3.40. The molecule has 5 rings (SSSR count). The zero-order valence-electron chi connectivity index (χ0n) is 17.4. The lowest BCUT2D eigenvalue weighted by Gasteiger charge is -2.25. The third kappa shape index (κ3) is 3.86. The first-order chi connectivity index (χ1) is 15.2. The van der Waals surface area contributed by atoms with E-state index >= 15 is 0 Å². The number of pyridine rings is 1. The number of hydrogen-bond acceptors (Lipinski definition) is 5. The van der Waals surface area contributed by atoms with Gasteiger partial charge in [-0.25, -0.2) is 9.97 Å². The van der Waals surface area contributed by atoms with Crippen molar-refractivity contribution in [1.29, 1.82) is 0 Å². The minimum absolute atomic E-state index is 0.0155. The monoisotopic (exact) mass is 412 g/mol. The third-order valence-corrected chi connectivity index (χ3v) is 5.82. The van der Waals surface area contributed by atoms with Gasteiger partial charge >= 0.3 is 0 Å². The second-order valence-corrected chi connectivity index (χ2v) is 7.84. The van der Waals surface area contributed by atoms with Gasteiger partial charge in [0.15, 0.2) is 0 Å². The number of amides is 1. The molecule has 1 atom stereocenters. The summed E-state index contributed by atoms with van der Waals surface area (Å²) < 4.78 is 2.10. The summed E-state index contributed by atoms with van der Waals surface area (Å²) in [6, 6.07) is 16.2. The molecule has 0 aliphatic carbocycles. The summed E-state index contributed by atoms with van der Waals surface area (Å²) in [6.07, 6.45) is 6.82. The Labute approximate surface area is 180 Å². The molecule has 0 bridgehead atoms. The molecule has 1 aliphatic heterocycles. The molecule has 0 saturated carbocycles. The zero-order chi connectivity index (χ0) is 21.2. The van der Waals surface area contributed by atoms with Crippen LogP contribution in [0.5, 0.6) is 0 Å². The number of anilines is 2. The maximum Gasteiger partial charge on any atom is 0.243 e. The Morgan fingerprint density at radius 1 is 1.13 bits per heavy atom. The van der Waals surface area contributed by atoms with Gasteiger partial charge in [0.1, 0.15) is 18.2 Å². The number of nitrogens with zero attached hydrogens (tertiary/aromatic N) is 5. The molecule has 7 nitrogen and oxygen atoms in total. The zero-order valence-corrected chi connectivity index (χ0v) is 17.4. The predicted octanol–water partition coefficient (Wildman–Crippen LogP) is 4.24. The lowest BCUT2D eigenvalue weighted by molar-refractivity contribution is -0.132. The number of rotatable bonds is 5. The fourth-order valence-corrected chi connectivity index (χ4v) is 4.36. The highest BCUT2D eigenvalue weighted by atomic mass is 16.2. The summed E-state index contributed by atoms with van der Waals surface area (Å²) >= 11 is 0. The van der Waals surface area contributed by atoms with Crippen LogP contribution in [0.1, 0.15) is 30.3 Å². The van der Waals surface area contributed by atoms with E-state index in [1.165, 1.54) is 0 Å². The minimum Gasteiger partial charge on any atom is -0.335 e. The van der Waals surface area contributed by atoms with Crippen LogP contribution < -0.4 is 5.32 Å². The van der Waals surface area contributed by atoms with Gasteiger partial charge in [-0.15, -0.1) is 0 Å². The van der Waals surface area contributed by atoms with Gasteiger partial charge in [0, 0.05) is 30.1 Å². The van der Waals surface area contributed by atoms with Gasteiger partial charge < -0.3 is 14.8 Å². The van der Waals surface area contributed by atoms with Gasteiger partial charge in [-0.1, -0.05) is 24.3 Å². The molecule has 3 aromatic heterocycles. The summed E-state index contributed by atoms with van der Waals surface area (Å²) in [5, 5.41) is 4.35. The molecule has 4 aromatic rings. The average molecular weight is 412 g/mol. The summed E-state index contributed by atoms with van der Waals surface area (Å²) in [4.78, 5) is 28.4. The number of likely N-dealkylation sites (tertiary alicyclic amines) is 1. The second kappa shape index (κ2) is 8.18. The molecule has 1 aromatic carbocycles. The second-order valence-electron chi connectivity index (χ2n) is 7.84. The van der Waals surface area contributed by atoms with Gasteiger partial charge in [-0.3, -0.25) is 9.78 Å². The van der Waals surface area contributed by atoms with E-state index in [-0.39, 0.29) is 11.9 Å². The normalized spacial score (nSPS) is 16.0. The van der Waals surface area contributed by atoms with Crippen LogP contribution in [-0.4, -0.2) is 36.9 Å². The van der Waals surface area contributed by atoms with Crippen LogP contribution in [0.3, 0.4) is 0 Å². The number of carbonyl (C=O) groups excluding carboxylic acids is 1. The van der Waals surface area contributed by atoms with Crippen LogP contribution in [-0.2, 0) is 11.3 Å². The van der Waals surface area contributed by atoms with Crippen molar-refractivity contribution in [2.75, 3.05) is 11.9 Å². The molecule has 31 heavy (non-hydrogen) atoms. The Morgan fingerprint density at radius 2 is 2.03 bits per heavy atom. The predicted molar refractivity (Wildman–Crippen MR) is 120 cm³/mol. The summed E-state index contributed by atoms with van der Waals surface area (Å²) in [6.45, 7) is 3.15. The van der Waals surface area contributed by atoms with E-state index in [9.17, 15) is 4.79 Å². The Hall–Kier alpha value is -3.74. The van der Waals surface area contributed by atoms with Crippen LogP contribution in [0.2, 0.25) is 0 Å². The van der Waals surface area contributed by atoms with Crippen LogP contribution in [0, 0.1) is 6.92 Å². The summed E-state index contributed by atoms with van der Waals surface area (Å²) in [7, 11) is 0. The topological polar surface area (TPSA) is 75.9 Å². The molecule has 1 amide bonds. The van der Waals surface area contributed by atoms with Crippen molar-refractivity contribution in [3.8, 4) is 0 Å². The number of para-hydroxylation sites is 1. The number of carbonyl (C=O) groups is 1. The fourth-order valence-electron chi connectivity index (χ4n) is 4.36. The number of fused-ring (bicyclic) bond motifs is 1. The van der Waals surface area contributed by atoms with Crippen LogP contribution in [0.15, 0.2) is 67.1 Å². The van der Waals surface area contributed by atoms with Crippen LogP contribution in [0.4, 0.5) is 11.6 Å². The van der Waals surface area contributed by atoms with E-state index < -0.39 is 0 Å². The van der Waals surface area contributed by atoms with Crippen LogP contribution >= 0.6 is 0 Å². The van der Waals surface area contributed by atoms with Crippen molar-refractivity contribution < 1.29 is 4.79 Å². The molecular formula is C24H24N6O. The molecule has 156 valence electrons. The van der Waals surface area contributed by atoms with Gasteiger partial charge in [0.05, 0.1) is 17.9 Å². The summed E-state index contributed by atoms with van der Waals surface area (Å²) in [5.74, 6) is 1.46. The Morgan fingerprint density at radius 3 is 2.90 bits per heavy atom. The van der Waals surface area contributed by atoms with E-state index in [0.717, 1.165) is 41.7 Å². The molecule has 0 unspecified atom stereocenters. The first-order valence-electron chi connectivity index (χ1n) is 10.5. The van der Waals surface area contributed by atoms with E-state index in [1.807, 2.05) is 35.2 Å². The molecule has 1 saturated heterocycles. The lowest BCUT2D eigenvalue weighted by Crippen LogP contribution is -2.34. The molecule has 1 N–H and O–H groups in total. The Balaban J connectivity index is 1.36. The van der Waals surface area contributed by atoms with E-state index in [4.69, 9.17) is 4.98 Å². The number of aryl methyl sites for hydroxylation is 1. The maximum atomic E-state index is 13.3. The number of hydrogen-bond donors (Lipinski definition) is 1. The molecular weight excluding hydrogens is 388 g/mol. The van der Waals surface area contributed by atoms with Crippen molar-refractivity contribution in [3.05, 3.63) is 78.5 Å². The fraction of sp³-hybridized carbons (Fsp3) is 0.250. The SMILES string of the molecule is Cc1cc2ccccc2n1CC(=O)N1CCC[C@@H]1c1cccc(Nc2cnccn2)n1. The Kier molecular flexibility index (Phi) is 5.08. The van der Waals surface area contributed by atoms with Crippen molar-refractivity contribution in [2.45, 2.75) is 32.4 Å². The number of aromatic nitrogens is 4. The van der Waals surface area contributed by atoms with Crippen LogP contribution in [0.25, 0.3) is 10.9 Å². The molecule has 4 heterocycles. The number of benzene rings is 1. The van der Waals surface area contributed by atoms with Gasteiger partial charge in [-0.05, 0) is 49.4 Å². The Bertz CT molecular complexity index is 1220. The van der Waals surface area contributed by atoms with Gasteiger partial charge in [-0.2, -0.15) is 0 Å². The third-order valence-electron chi connectivity index (χ3n) is 5.82. The van der Waals surface area contributed by atoms with Gasteiger partial charge in [0.25, 0.3) is 0 Å². The van der Waals surface area contributed by atoms with E-state index in [1.54, 1.807) is 18.6 Å². The maximum absolute atomic E-state index is 13.3. The van der Waals surface area contributed by atoms with E-state index in [0.29, 0.717) is 18.2 Å². The quantitative estimate of drug-likeness (QED) is 0.531. The highest BCUT2D eigenvalue weighted by Crippen LogP contribution is 2.32. The molecule has 1 fully saturated rings. The van der Waals surface area contributed by atoms with Crippen molar-refractivity contribution in [3.63, 3.8) is 0 Å². The minimum atomic E-state index is -0.0155. The van der Waals surface area contributed by atoms with E-state index in [2.05, 4.69) is 45.0 Å². The largest absolute Gasteiger partial charge is 0.335 e. The van der Waals surface area contributed by atoms with Crippen molar-refractivity contribution in [1.82, 2.24) is 24.4 Å². The molecule has 0 radical (unpaired) electrons. The molecule has 1 aliphatic rings. The van der Waals surface area contributed by atoms with Crippen molar-refractivity contribution in [2.24, 2.45) is 0 Å². The first-order valence-corrected chi connectivity index (χ1v) is 10.5. The highest BCUT2D eigenvalue weighted by Gasteiger charge is 2.31. The van der Waals surface area contributed by atoms with Crippen molar-refractivity contribution >= 4 is 28.4 Å². The van der Waals surface area contributed by atoms with Gasteiger partial charge in [0.2, 0.25) is 5.91 Å².